The summed E-state index contributed by atoms with van der Waals surface area (Å²) in [7, 11) is -5.41. The normalized spacial score (nSPS) is 17.7. The number of carbonyl (C=O) groups excluding carboxylic acids is 1. The smallest absolute Gasteiger partial charge is 0.357 e. The molecule has 1 saturated heterocycles. The van der Waals surface area contributed by atoms with Crippen LogP contribution in [-0.2, 0) is 21.1 Å². The van der Waals surface area contributed by atoms with Gasteiger partial charge in [-0.15, -0.1) is 0 Å². The van der Waals surface area contributed by atoms with Gasteiger partial charge < -0.3 is 10.2 Å². The molecule has 2 aromatic carbocycles. The highest BCUT2D eigenvalue weighted by Gasteiger charge is 2.46. The molecule has 11 heteroatoms. The average molecular weight is 519 g/mol. The van der Waals surface area contributed by atoms with Crippen LogP contribution in [0.1, 0.15) is 24.2 Å². The minimum atomic E-state index is -5.41. The van der Waals surface area contributed by atoms with Gasteiger partial charge in [-0.25, -0.2) is 8.42 Å². The van der Waals surface area contributed by atoms with Crippen LogP contribution in [0.4, 0.5) is 18.9 Å². The van der Waals surface area contributed by atoms with E-state index in [9.17, 15) is 26.4 Å². The van der Waals surface area contributed by atoms with Gasteiger partial charge >= 0.3 is 5.51 Å². The quantitative estimate of drug-likeness (QED) is 0.511. The molecule has 0 spiro atoms. The van der Waals surface area contributed by atoms with Crippen molar-refractivity contribution in [1.29, 1.82) is 0 Å². The van der Waals surface area contributed by atoms with E-state index in [2.05, 4.69) is 15.2 Å². The summed E-state index contributed by atoms with van der Waals surface area (Å²) < 4.78 is 62.0. The number of carbonyl (C=O) groups is 1. The number of alkyl halides is 3. The third-order valence-corrected chi connectivity index (χ3v) is 7.56. The maximum Gasteiger partial charge on any atom is 0.501 e. The number of halogens is 3. The fourth-order valence-electron chi connectivity index (χ4n) is 4.20. The van der Waals surface area contributed by atoms with Crippen molar-refractivity contribution in [3.8, 4) is 0 Å². The summed E-state index contributed by atoms with van der Waals surface area (Å²) in [5.74, 6) is -0.157. The molecule has 0 saturated carbocycles. The molecule has 7 nitrogen and oxygen atoms in total. The van der Waals surface area contributed by atoms with Crippen LogP contribution in [0.3, 0.4) is 0 Å². The maximum atomic E-state index is 12.9. The Kier molecular flexibility index (Phi) is 7.32. The van der Waals surface area contributed by atoms with Crippen molar-refractivity contribution in [2.24, 2.45) is 0 Å². The average Bonchev–Trinajstić information content (AvgIpc) is 3.24. The number of nitrogens with zero attached hydrogens (tertiary/aromatic N) is 3. The first-order chi connectivity index (χ1) is 17.1. The number of nitrogens with one attached hydrogen (secondary N) is 1. The summed E-state index contributed by atoms with van der Waals surface area (Å²) in [6, 6.07) is 17.7. The zero-order chi connectivity index (χ0) is 25.9. The minimum Gasteiger partial charge on any atom is -0.357 e. The van der Waals surface area contributed by atoms with Crippen molar-refractivity contribution < 1.29 is 26.4 Å². The molecule has 1 aromatic heterocycles. The Labute approximate surface area is 207 Å². The van der Waals surface area contributed by atoms with Crippen LogP contribution in [0.5, 0.6) is 0 Å². The fourth-order valence-corrected chi connectivity index (χ4v) is 4.96. The lowest BCUT2D eigenvalue weighted by atomic mass is 10.1. The first kappa shape index (κ1) is 25.6. The van der Waals surface area contributed by atoms with Gasteiger partial charge in [-0.05, 0) is 54.4 Å². The first-order valence-electron chi connectivity index (χ1n) is 11.2. The third-order valence-electron chi connectivity index (χ3n) is 6.06. The topological polar surface area (TPSA) is 82.6 Å². The SMILES string of the molecule is CC1CN(c2ccc(S(=O)(=O)C(F)(F)F)cc2)CN1C(NC(=O)Cc1ccccc1)c1ccncc1. The highest BCUT2D eigenvalue weighted by molar-refractivity contribution is 7.92. The molecule has 36 heavy (non-hydrogen) atoms. The molecule has 1 aliphatic rings. The lowest BCUT2D eigenvalue weighted by Gasteiger charge is -2.32. The molecule has 190 valence electrons. The fraction of sp³-hybridized carbons (Fsp3) is 0.280. The summed E-state index contributed by atoms with van der Waals surface area (Å²) in [5.41, 5.74) is -3.06. The Balaban J connectivity index is 1.53. The second-order valence-corrected chi connectivity index (χ2v) is 10.5. The predicted octanol–water partition coefficient (Wildman–Crippen LogP) is 3.90. The van der Waals surface area contributed by atoms with E-state index in [4.69, 9.17) is 0 Å². The van der Waals surface area contributed by atoms with Crippen LogP contribution in [-0.4, -0.2) is 49.0 Å². The van der Waals surface area contributed by atoms with E-state index in [1.165, 1.54) is 12.1 Å². The number of benzene rings is 2. The zero-order valence-electron chi connectivity index (χ0n) is 19.4. The number of anilines is 1. The van der Waals surface area contributed by atoms with Gasteiger partial charge in [0, 0.05) is 30.7 Å². The number of hydrogen-bond donors (Lipinski definition) is 1. The summed E-state index contributed by atoms with van der Waals surface area (Å²) >= 11 is 0. The van der Waals surface area contributed by atoms with Crippen molar-refractivity contribution in [1.82, 2.24) is 15.2 Å². The van der Waals surface area contributed by atoms with Crippen LogP contribution in [0.15, 0.2) is 84.0 Å². The highest BCUT2D eigenvalue weighted by atomic mass is 32.2. The van der Waals surface area contributed by atoms with Gasteiger partial charge in [0.15, 0.2) is 0 Å². The van der Waals surface area contributed by atoms with Gasteiger partial charge in [0.05, 0.1) is 18.0 Å². The minimum absolute atomic E-state index is 0.0289. The Morgan fingerprint density at radius 3 is 2.31 bits per heavy atom. The van der Waals surface area contributed by atoms with Gasteiger partial charge in [0.1, 0.15) is 6.17 Å². The third kappa shape index (κ3) is 5.52. The van der Waals surface area contributed by atoms with Gasteiger partial charge in [0.2, 0.25) is 5.91 Å². The van der Waals surface area contributed by atoms with Crippen LogP contribution in [0.2, 0.25) is 0 Å². The predicted molar refractivity (Wildman–Crippen MR) is 128 cm³/mol. The van der Waals surface area contributed by atoms with E-state index in [-0.39, 0.29) is 18.4 Å². The summed E-state index contributed by atoms with van der Waals surface area (Å²) in [6.07, 6.45) is 3.03. The summed E-state index contributed by atoms with van der Waals surface area (Å²) in [5, 5.41) is 3.10. The van der Waals surface area contributed by atoms with Gasteiger partial charge in [-0.3, -0.25) is 14.7 Å². The van der Waals surface area contributed by atoms with E-state index >= 15 is 0 Å². The lowest BCUT2D eigenvalue weighted by molar-refractivity contribution is -0.122. The zero-order valence-corrected chi connectivity index (χ0v) is 20.2. The van der Waals surface area contributed by atoms with Gasteiger partial charge in [-0.1, -0.05) is 30.3 Å². The van der Waals surface area contributed by atoms with Crippen molar-refractivity contribution >= 4 is 21.4 Å². The number of amides is 1. The molecule has 1 amide bonds. The maximum absolute atomic E-state index is 12.9. The van der Waals surface area contributed by atoms with Crippen molar-refractivity contribution in [2.45, 2.75) is 36.0 Å². The lowest BCUT2D eigenvalue weighted by Crippen LogP contribution is -2.44. The number of pyridine rings is 1. The molecule has 2 heterocycles. The molecular weight excluding hydrogens is 493 g/mol. The van der Waals surface area contributed by atoms with Crippen LogP contribution in [0, 0.1) is 0 Å². The molecule has 0 bridgehead atoms. The van der Waals surface area contributed by atoms with E-state index in [0.29, 0.717) is 18.9 Å². The summed E-state index contributed by atoms with van der Waals surface area (Å²) in [6.45, 7) is 2.88. The molecule has 2 unspecified atom stereocenters. The first-order valence-corrected chi connectivity index (χ1v) is 12.7. The Morgan fingerprint density at radius 1 is 1.06 bits per heavy atom. The highest BCUT2D eigenvalue weighted by Crippen LogP contribution is 2.33. The van der Waals surface area contributed by atoms with Crippen LogP contribution < -0.4 is 10.2 Å². The molecule has 0 aliphatic carbocycles. The number of aromatic nitrogens is 1. The number of sulfone groups is 1. The van der Waals surface area contributed by atoms with Gasteiger partial charge in [0.25, 0.3) is 9.84 Å². The van der Waals surface area contributed by atoms with E-state index in [0.717, 1.165) is 23.3 Å². The van der Waals surface area contributed by atoms with Crippen molar-refractivity contribution in [3.63, 3.8) is 0 Å². The van der Waals surface area contributed by atoms with Crippen LogP contribution in [0.25, 0.3) is 0 Å². The molecule has 3 aromatic rings. The molecular formula is C25H25F3N4O3S. The molecule has 4 rings (SSSR count). The molecule has 1 aliphatic heterocycles. The monoisotopic (exact) mass is 518 g/mol. The number of hydrogen-bond acceptors (Lipinski definition) is 6. The van der Waals surface area contributed by atoms with Gasteiger partial charge in [-0.2, -0.15) is 13.2 Å². The Hall–Kier alpha value is -3.44. The van der Waals surface area contributed by atoms with E-state index in [1.807, 2.05) is 54.3 Å². The van der Waals surface area contributed by atoms with Crippen molar-refractivity contribution in [2.75, 3.05) is 18.1 Å². The Bertz CT molecular complexity index is 1290. The summed E-state index contributed by atoms with van der Waals surface area (Å²) in [4.78, 5) is 20.2. The molecule has 1 fully saturated rings. The number of rotatable bonds is 7. The molecule has 0 radical (unpaired) electrons. The van der Waals surface area contributed by atoms with Crippen LogP contribution >= 0.6 is 0 Å². The largest absolute Gasteiger partial charge is 0.501 e. The standard InChI is InChI=1S/C25H25F3N4O3S/c1-18-16-31(21-7-9-22(10-8-21)36(34,35)25(26,27)28)17-32(18)24(20-11-13-29-14-12-20)30-23(33)15-19-5-3-2-4-6-19/h2-14,18,24H,15-17H2,1H3,(H,30,33). The Morgan fingerprint density at radius 2 is 1.69 bits per heavy atom. The molecule has 2 atom stereocenters. The second-order valence-electron chi connectivity index (χ2n) is 8.58. The second kappa shape index (κ2) is 10.3. The van der Waals surface area contributed by atoms with E-state index in [1.54, 1.807) is 12.4 Å². The molecule has 1 N–H and O–H groups in total. The van der Waals surface area contributed by atoms with E-state index < -0.39 is 26.4 Å². The van der Waals surface area contributed by atoms with Crippen molar-refractivity contribution in [3.05, 3.63) is 90.3 Å².